The highest BCUT2D eigenvalue weighted by atomic mass is 16.3. The van der Waals surface area contributed by atoms with E-state index in [1.807, 2.05) is 24.0 Å². The van der Waals surface area contributed by atoms with Crippen molar-refractivity contribution in [2.45, 2.75) is 32.4 Å². The molecule has 0 unspecified atom stereocenters. The van der Waals surface area contributed by atoms with Crippen molar-refractivity contribution in [2.75, 3.05) is 19.6 Å². The molecule has 0 aromatic carbocycles. The lowest BCUT2D eigenvalue weighted by Crippen LogP contribution is -2.56. The van der Waals surface area contributed by atoms with E-state index < -0.39 is 6.04 Å². The average Bonchev–Trinajstić information content (AvgIpc) is 3.04. The number of hydrogen-bond acceptors (Lipinski definition) is 6. The fourth-order valence-electron chi connectivity index (χ4n) is 2.98. The van der Waals surface area contributed by atoms with Crippen LogP contribution in [0, 0.1) is 6.92 Å². The van der Waals surface area contributed by atoms with Gasteiger partial charge in [0.2, 0.25) is 11.8 Å². The highest BCUT2D eigenvalue weighted by Gasteiger charge is 2.32. The Bertz CT molecular complexity index is 746. The van der Waals surface area contributed by atoms with Gasteiger partial charge in [0.25, 0.3) is 0 Å². The molecule has 1 saturated heterocycles. The Labute approximate surface area is 152 Å². The Kier molecular flexibility index (Phi) is 5.96. The minimum absolute atomic E-state index is 0.117. The summed E-state index contributed by atoms with van der Waals surface area (Å²) in [7, 11) is 0. The van der Waals surface area contributed by atoms with Crippen LogP contribution in [0.3, 0.4) is 0 Å². The fourth-order valence-corrected chi connectivity index (χ4v) is 2.98. The van der Waals surface area contributed by atoms with Crippen molar-refractivity contribution in [3.63, 3.8) is 0 Å². The first-order valence-electron chi connectivity index (χ1n) is 8.70. The number of piperazine rings is 1. The number of carbonyl (C=O) groups is 2. The van der Waals surface area contributed by atoms with E-state index in [0.717, 1.165) is 17.2 Å². The minimum atomic E-state index is -0.495. The summed E-state index contributed by atoms with van der Waals surface area (Å²) in [5, 5.41) is 5.68. The third-order valence-corrected chi connectivity index (χ3v) is 4.30. The van der Waals surface area contributed by atoms with E-state index in [0.29, 0.717) is 32.6 Å². The first-order chi connectivity index (χ1) is 12.6. The molecule has 0 radical (unpaired) electrons. The molecule has 2 amide bonds. The van der Waals surface area contributed by atoms with Gasteiger partial charge in [-0.15, -0.1) is 0 Å². The third-order valence-electron chi connectivity index (χ3n) is 4.30. The van der Waals surface area contributed by atoms with Gasteiger partial charge in [-0.1, -0.05) is 0 Å². The maximum Gasteiger partial charge on any atom is 0.237 e. The molecule has 1 aliphatic rings. The Morgan fingerprint density at radius 2 is 2.31 bits per heavy atom. The monoisotopic (exact) mass is 357 g/mol. The Morgan fingerprint density at radius 3 is 3.04 bits per heavy atom. The number of rotatable bonds is 7. The standard InChI is InChI=1S/C18H23N5O3/c1-13-2-3-15(26-13)12-23-9-8-22-18(25)16(23)10-17(24)21-5-4-14-11-19-6-7-20-14/h2-3,6-7,11,16H,4-5,8-10,12H2,1H3,(H,21,24)(H,22,25)/t16-/m0/s1. The zero-order valence-electron chi connectivity index (χ0n) is 14.8. The molecule has 0 bridgehead atoms. The Hall–Kier alpha value is -2.74. The van der Waals surface area contributed by atoms with Crippen molar-refractivity contribution in [2.24, 2.45) is 0 Å². The molecule has 3 heterocycles. The van der Waals surface area contributed by atoms with Gasteiger partial charge in [0, 0.05) is 44.6 Å². The van der Waals surface area contributed by atoms with Gasteiger partial charge >= 0.3 is 0 Å². The molecule has 0 aliphatic carbocycles. The van der Waals surface area contributed by atoms with Crippen LogP contribution in [-0.2, 0) is 22.6 Å². The summed E-state index contributed by atoms with van der Waals surface area (Å²) in [6.07, 6.45) is 5.63. The van der Waals surface area contributed by atoms with Gasteiger partial charge in [0.1, 0.15) is 11.5 Å². The average molecular weight is 357 g/mol. The lowest BCUT2D eigenvalue weighted by molar-refractivity contribution is -0.134. The van der Waals surface area contributed by atoms with Crippen molar-refractivity contribution in [1.29, 1.82) is 0 Å². The minimum Gasteiger partial charge on any atom is -0.465 e. The molecule has 26 heavy (non-hydrogen) atoms. The molecule has 3 rings (SSSR count). The van der Waals surface area contributed by atoms with Gasteiger partial charge in [-0.05, 0) is 19.1 Å². The summed E-state index contributed by atoms with van der Waals surface area (Å²) in [6.45, 7) is 4.11. The van der Waals surface area contributed by atoms with E-state index in [1.54, 1.807) is 18.6 Å². The number of aromatic nitrogens is 2. The number of carbonyl (C=O) groups excluding carboxylic acids is 2. The molecule has 2 aromatic heterocycles. The molecule has 1 aliphatic heterocycles. The maximum atomic E-state index is 12.3. The topological polar surface area (TPSA) is 100 Å². The number of nitrogens with one attached hydrogen (secondary N) is 2. The predicted molar refractivity (Wildman–Crippen MR) is 94.0 cm³/mol. The lowest BCUT2D eigenvalue weighted by Gasteiger charge is -2.34. The van der Waals surface area contributed by atoms with E-state index in [2.05, 4.69) is 20.6 Å². The molecule has 8 heteroatoms. The van der Waals surface area contributed by atoms with Crippen LogP contribution in [-0.4, -0.2) is 52.4 Å². The van der Waals surface area contributed by atoms with Crippen LogP contribution < -0.4 is 10.6 Å². The Balaban J connectivity index is 1.52. The van der Waals surface area contributed by atoms with Gasteiger partial charge < -0.3 is 15.1 Å². The van der Waals surface area contributed by atoms with Gasteiger partial charge in [-0.2, -0.15) is 0 Å². The molecule has 2 N–H and O–H groups in total. The summed E-state index contributed by atoms with van der Waals surface area (Å²) in [6, 6.07) is 3.30. The molecule has 138 valence electrons. The van der Waals surface area contributed by atoms with Gasteiger partial charge in [0.15, 0.2) is 0 Å². The summed E-state index contributed by atoms with van der Waals surface area (Å²) in [5.74, 6) is 1.35. The van der Waals surface area contributed by atoms with Gasteiger partial charge in [-0.25, -0.2) is 0 Å². The lowest BCUT2D eigenvalue weighted by atomic mass is 10.1. The van der Waals surface area contributed by atoms with Gasteiger partial charge in [-0.3, -0.25) is 24.5 Å². The smallest absolute Gasteiger partial charge is 0.237 e. The number of furan rings is 1. The van der Waals surface area contributed by atoms with Crippen molar-refractivity contribution in [1.82, 2.24) is 25.5 Å². The maximum absolute atomic E-state index is 12.3. The van der Waals surface area contributed by atoms with E-state index in [-0.39, 0.29) is 18.2 Å². The molecule has 1 atom stereocenters. The molecular weight excluding hydrogens is 334 g/mol. The zero-order valence-corrected chi connectivity index (χ0v) is 14.8. The van der Waals surface area contributed by atoms with E-state index >= 15 is 0 Å². The van der Waals surface area contributed by atoms with Crippen LogP contribution >= 0.6 is 0 Å². The molecule has 0 spiro atoms. The number of aryl methyl sites for hydroxylation is 1. The Morgan fingerprint density at radius 1 is 1.42 bits per heavy atom. The van der Waals surface area contributed by atoms with Crippen molar-refractivity contribution in [3.05, 3.63) is 47.9 Å². The third kappa shape index (κ3) is 4.89. The quantitative estimate of drug-likeness (QED) is 0.745. The SMILES string of the molecule is Cc1ccc(CN2CCNC(=O)[C@@H]2CC(=O)NCCc2cnccn2)o1. The highest BCUT2D eigenvalue weighted by Crippen LogP contribution is 2.15. The first kappa shape index (κ1) is 18.1. The number of nitrogens with zero attached hydrogens (tertiary/aromatic N) is 3. The van der Waals surface area contributed by atoms with Crippen LogP contribution in [0.2, 0.25) is 0 Å². The summed E-state index contributed by atoms with van der Waals surface area (Å²) < 4.78 is 5.60. The van der Waals surface area contributed by atoms with E-state index in [9.17, 15) is 9.59 Å². The first-order valence-corrected chi connectivity index (χ1v) is 8.70. The summed E-state index contributed by atoms with van der Waals surface area (Å²) >= 11 is 0. The molecule has 2 aromatic rings. The van der Waals surface area contributed by atoms with E-state index in [4.69, 9.17) is 4.42 Å². The zero-order chi connectivity index (χ0) is 18.4. The largest absolute Gasteiger partial charge is 0.465 e. The van der Waals surface area contributed by atoms with Crippen molar-refractivity contribution >= 4 is 11.8 Å². The second kappa shape index (κ2) is 8.57. The normalized spacial score (nSPS) is 17.7. The second-order valence-electron chi connectivity index (χ2n) is 6.29. The molecule has 1 fully saturated rings. The van der Waals surface area contributed by atoms with Crippen LogP contribution in [0.25, 0.3) is 0 Å². The predicted octanol–water partition coefficient (Wildman–Crippen LogP) is 0.427. The number of amides is 2. The molecule has 8 nitrogen and oxygen atoms in total. The van der Waals surface area contributed by atoms with E-state index in [1.165, 1.54) is 0 Å². The van der Waals surface area contributed by atoms with Crippen LogP contribution in [0.15, 0.2) is 35.1 Å². The highest BCUT2D eigenvalue weighted by molar-refractivity contribution is 5.88. The van der Waals surface area contributed by atoms with Crippen molar-refractivity contribution < 1.29 is 14.0 Å². The van der Waals surface area contributed by atoms with Crippen molar-refractivity contribution in [3.8, 4) is 0 Å². The summed E-state index contributed by atoms with van der Waals surface area (Å²) in [5.41, 5.74) is 0.818. The van der Waals surface area contributed by atoms with Crippen LogP contribution in [0.1, 0.15) is 23.6 Å². The second-order valence-corrected chi connectivity index (χ2v) is 6.29. The summed E-state index contributed by atoms with van der Waals surface area (Å²) in [4.78, 5) is 34.7. The van der Waals surface area contributed by atoms with Gasteiger partial charge in [0.05, 0.1) is 24.7 Å². The molecular formula is C18H23N5O3. The fraction of sp³-hybridized carbons (Fsp3) is 0.444. The number of hydrogen-bond donors (Lipinski definition) is 2. The van der Waals surface area contributed by atoms with Crippen LogP contribution in [0.5, 0.6) is 0 Å². The molecule has 0 saturated carbocycles. The van der Waals surface area contributed by atoms with Crippen LogP contribution in [0.4, 0.5) is 0 Å².